The zero-order chi connectivity index (χ0) is 21.0. The van der Waals surface area contributed by atoms with Crippen LogP contribution < -0.4 is 10.0 Å². The number of rotatable bonds is 6. The first kappa shape index (κ1) is 21.5. The van der Waals surface area contributed by atoms with E-state index >= 15 is 0 Å². The molecule has 1 amide bonds. The van der Waals surface area contributed by atoms with Crippen LogP contribution >= 0.6 is 11.6 Å². The molecule has 0 aromatic heterocycles. The van der Waals surface area contributed by atoms with Crippen molar-refractivity contribution in [1.29, 1.82) is 0 Å². The molecule has 1 aliphatic carbocycles. The zero-order valence-corrected chi connectivity index (χ0v) is 17.6. The maximum absolute atomic E-state index is 13.6. The summed E-state index contributed by atoms with van der Waals surface area (Å²) >= 11 is 6.10. The van der Waals surface area contributed by atoms with Gasteiger partial charge in [-0.05, 0) is 55.2 Å². The number of nitrogens with zero attached hydrogens (tertiary/aromatic N) is 1. The molecule has 3 N–H and O–H groups in total. The van der Waals surface area contributed by atoms with Crippen LogP contribution in [0.2, 0.25) is 5.02 Å². The first-order valence-electron chi connectivity index (χ1n) is 9.70. The lowest BCUT2D eigenvalue weighted by Gasteiger charge is -2.29. The van der Waals surface area contributed by atoms with Crippen LogP contribution in [0.1, 0.15) is 48.9 Å². The fraction of sp³-hybridized carbons (Fsp3) is 0.381. The number of sulfonamides is 1. The normalized spacial score (nSPS) is 15.6. The molecule has 0 atom stereocenters. The lowest BCUT2D eigenvalue weighted by molar-refractivity contribution is 0.1000. The average molecular weight is 437 g/mol. The fourth-order valence-electron chi connectivity index (χ4n) is 3.74. The molecule has 0 unspecified atom stereocenters. The number of benzene rings is 2. The van der Waals surface area contributed by atoms with Crippen LogP contribution in [0, 0.1) is 5.92 Å². The molecular weight excluding hydrogens is 412 g/mol. The SMILES string of the molecule is NC(=O)c1cccc(S(=O)(=O)N(CC2CCCCCC2)c2cc(Cl)ccc2O)c1. The van der Waals surface area contributed by atoms with E-state index in [4.69, 9.17) is 17.3 Å². The lowest BCUT2D eigenvalue weighted by Crippen LogP contribution is -2.35. The van der Waals surface area contributed by atoms with Crippen LogP contribution in [0.4, 0.5) is 5.69 Å². The van der Waals surface area contributed by atoms with Crippen molar-refractivity contribution in [2.45, 2.75) is 43.4 Å². The number of anilines is 1. The second-order valence-electron chi connectivity index (χ2n) is 7.42. The molecule has 0 heterocycles. The third-order valence-corrected chi connectivity index (χ3v) is 7.32. The summed E-state index contributed by atoms with van der Waals surface area (Å²) in [6.45, 7) is 0.233. The average Bonchev–Trinajstić information content (AvgIpc) is 2.97. The van der Waals surface area contributed by atoms with Crippen LogP contribution in [0.15, 0.2) is 47.4 Å². The number of phenolic OH excluding ortho intramolecular Hbond substituents is 1. The summed E-state index contributed by atoms with van der Waals surface area (Å²) in [7, 11) is -4.05. The largest absolute Gasteiger partial charge is 0.506 e. The molecule has 0 aliphatic heterocycles. The predicted molar refractivity (Wildman–Crippen MR) is 114 cm³/mol. The molecule has 3 rings (SSSR count). The number of primary amides is 1. The number of carbonyl (C=O) groups excluding carboxylic acids is 1. The quantitative estimate of drug-likeness (QED) is 0.658. The van der Waals surface area contributed by atoms with E-state index in [1.807, 2.05) is 0 Å². The van der Waals surface area contributed by atoms with Crippen LogP contribution in [0.25, 0.3) is 0 Å². The predicted octanol–water partition coefficient (Wildman–Crippen LogP) is 4.31. The first-order valence-corrected chi connectivity index (χ1v) is 11.5. The van der Waals surface area contributed by atoms with Crippen molar-refractivity contribution < 1.29 is 18.3 Å². The van der Waals surface area contributed by atoms with Gasteiger partial charge in [0.1, 0.15) is 5.75 Å². The summed E-state index contributed by atoms with van der Waals surface area (Å²) in [6, 6.07) is 9.96. The van der Waals surface area contributed by atoms with Crippen molar-refractivity contribution in [3.8, 4) is 5.75 Å². The molecule has 156 valence electrons. The highest BCUT2D eigenvalue weighted by molar-refractivity contribution is 7.92. The van der Waals surface area contributed by atoms with Gasteiger partial charge in [0.25, 0.3) is 10.0 Å². The molecule has 6 nitrogen and oxygen atoms in total. The monoisotopic (exact) mass is 436 g/mol. The van der Waals surface area contributed by atoms with E-state index < -0.39 is 15.9 Å². The lowest BCUT2D eigenvalue weighted by atomic mass is 10.0. The maximum atomic E-state index is 13.6. The number of halogens is 1. The minimum absolute atomic E-state index is 0.0539. The highest BCUT2D eigenvalue weighted by Gasteiger charge is 2.30. The minimum Gasteiger partial charge on any atom is -0.506 e. The standard InChI is InChI=1S/C21H25ClN2O4S/c22-17-10-11-20(25)19(13-17)24(14-15-6-3-1-2-4-7-15)29(27,28)18-9-5-8-16(12-18)21(23)26/h5,8-13,15,25H,1-4,6-7,14H2,(H2,23,26). The molecule has 1 fully saturated rings. The van der Waals surface area contributed by atoms with E-state index in [-0.39, 0.29) is 34.4 Å². The molecule has 1 aliphatic rings. The Bertz CT molecular complexity index is 986. The van der Waals surface area contributed by atoms with E-state index in [0.717, 1.165) is 38.5 Å². The van der Waals surface area contributed by atoms with E-state index in [1.165, 1.54) is 46.8 Å². The van der Waals surface area contributed by atoms with Gasteiger partial charge in [-0.1, -0.05) is 43.4 Å². The van der Waals surface area contributed by atoms with Crippen LogP contribution in [-0.4, -0.2) is 26.0 Å². The molecule has 8 heteroatoms. The minimum atomic E-state index is -4.05. The Hall–Kier alpha value is -2.25. The van der Waals surface area contributed by atoms with Gasteiger partial charge in [0.15, 0.2) is 0 Å². The summed E-state index contributed by atoms with van der Waals surface area (Å²) in [6.07, 6.45) is 6.25. The topological polar surface area (TPSA) is 101 Å². The van der Waals surface area contributed by atoms with Gasteiger partial charge in [-0.2, -0.15) is 0 Å². The third-order valence-electron chi connectivity index (χ3n) is 5.31. The van der Waals surface area contributed by atoms with Gasteiger partial charge in [-0.3, -0.25) is 9.10 Å². The van der Waals surface area contributed by atoms with Gasteiger partial charge in [0.2, 0.25) is 5.91 Å². The molecule has 2 aromatic rings. The number of nitrogens with two attached hydrogens (primary N) is 1. The Morgan fingerprint density at radius 3 is 2.45 bits per heavy atom. The fourth-order valence-corrected chi connectivity index (χ4v) is 5.50. The molecule has 1 saturated carbocycles. The van der Waals surface area contributed by atoms with Gasteiger partial charge >= 0.3 is 0 Å². The summed E-state index contributed by atoms with van der Waals surface area (Å²) in [5.74, 6) is -0.703. The number of hydrogen-bond donors (Lipinski definition) is 2. The van der Waals surface area contributed by atoms with E-state index in [1.54, 1.807) is 0 Å². The number of aromatic hydroxyl groups is 1. The second-order valence-corrected chi connectivity index (χ2v) is 9.72. The maximum Gasteiger partial charge on any atom is 0.264 e. The Balaban J connectivity index is 2.06. The Morgan fingerprint density at radius 1 is 1.10 bits per heavy atom. The number of phenols is 1. The highest BCUT2D eigenvalue weighted by Crippen LogP contribution is 2.36. The molecule has 0 bridgehead atoms. The third kappa shape index (κ3) is 5.03. The Kier molecular flexibility index (Phi) is 6.70. The van der Waals surface area contributed by atoms with Gasteiger partial charge < -0.3 is 10.8 Å². The van der Waals surface area contributed by atoms with Gasteiger partial charge in [0, 0.05) is 17.1 Å². The zero-order valence-electron chi connectivity index (χ0n) is 16.1. The van der Waals surface area contributed by atoms with Crippen molar-refractivity contribution in [1.82, 2.24) is 0 Å². The number of hydrogen-bond acceptors (Lipinski definition) is 4. The van der Waals surface area contributed by atoms with Crippen molar-refractivity contribution >= 4 is 33.2 Å². The molecule has 2 aromatic carbocycles. The molecule has 0 radical (unpaired) electrons. The summed E-state index contributed by atoms with van der Waals surface area (Å²) in [5.41, 5.74) is 5.56. The van der Waals surface area contributed by atoms with Gasteiger partial charge in [0.05, 0.1) is 10.6 Å². The summed E-state index contributed by atoms with van der Waals surface area (Å²) in [5, 5.41) is 10.7. The van der Waals surface area contributed by atoms with E-state index in [2.05, 4.69) is 0 Å². The summed E-state index contributed by atoms with van der Waals surface area (Å²) < 4.78 is 28.3. The van der Waals surface area contributed by atoms with Gasteiger partial charge in [-0.15, -0.1) is 0 Å². The van der Waals surface area contributed by atoms with Crippen LogP contribution in [0.5, 0.6) is 5.75 Å². The van der Waals surface area contributed by atoms with Crippen molar-refractivity contribution in [3.05, 3.63) is 53.1 Å². The number of amides is 1. The molecule has 0 saturated heterocycles. The van der Waals surface area contributed by atoms with Crippen molar-refractivity contribution in [2.24, 2.45) is 11.7 Å². The van der Waals surface area contributed by atoms with Crippen molar-refractivity contribution in [2.75, 3.05) is 10.8 Å². The molecular formula is C21H25ClN2O4S. The van der Waals surface area contributed by atoms with E-state index in [0.29, 0.717) is 5.02 Å². The molecule has 0 spiro atoms. The first-order chi connectivity index (χ1) is 13.8. The van der Waals surface area contributed by atoms with Crippen LogP contribution in [0.3, 0.4) is 0 Å². The number of carbonyl (C=O) groups is 1. The smallest absolute Gasteiger partial charge is 0.264 e. The molecule has 29 heavy (non-hydrogen) atoms. The second kappa shape index (κ2) is 9.05. The van der Waals surface area contributed by atoms with Gasteiger partial charge in [-0.25, -0.2) is 8.42 Å². The Labute approximate surface area is 176 Å². The van der Waals surface area contributed by atoms with E-state index in [9.17, 15) is 18.3 Å². The Morgan fingerprint density at radius 2 is 1.79 bits per heavy atom. The summed E-state index contributed by atoms with van der Waals surface area (Å²) in [4.78, 5) is 11.5. The highest BCUT2D eigenvalue weighted by atomic mass is 35.5. The van der Waals surface area contributed by atoms with Crippen molar-refractivity contribution in [3.63, 3.8) is 0 Å². The van der Waals surface area contributed by atoms with Crippen LogP contribution in [-0.2, 0) is 10.0 Å².